The lowest BCUT2D eigenvalue weighted by atomic mass is 10.0. The summed E-state index contributed by atoms with van der Waals surface area (Å²) >= 11 is 0. The Morgan fingerprint density at radius 1 is 1.23 bits per heavy atom. The van der Waals surface area contributed by atoms with Crippen LogP contribution in [-0.2, 0) is 14.3 Å². The van der Waals surface area contributed by atoms with Crippen LogP contribution in [0.3, 0.4) is 0 Å². The summed E-state index contributed by atoms with van der Waals surface area (Å²) in [7, 11) is 1.68. The second-order valence-electron chi connectivity index (χ2n) is 6.91. The summed E-state index contributed by atoms with van der Waals surface area (Å²) < 4.78 is 5.36. The Labute approximate surface area is 154 Å². The number of allylic oxidation sites excluding steroid dienone is 2. The molecule has 1 aromatic rings. The first kappa shape index (κ1) is 18.5. The topological polar surface area (TPSA) is 61.9 Å². The van der Waals surface area contributed by atoms with Gasteiger partial charge in [0, 0.05) is 37.9 Å². The molecule has 1 saturated heterocycles. The molecule has 140 valence electrons. The summed E-state index contributed by atoms with van der Waals surface area (Å²) in [5.74, 6) is 0.155. The van der Waals surface area contributed by atoms with Crippen molar-refractivity contribution in [2.45, 2.75) is 19.3 Å². The first-order valence-electron chi connectivity index (χ1n) is 9.25. The minimum Gasteiger partial charge on any atom is -0.378 e. The van der Waals surface area contributed by atoms with Crippen LogP contribution in [0.1, 0.15) is 19.3 Å². The SMILES string of the molecule is CN(CC(=O)Nc1ccc(N2CCOCC2)cc1)C(=O)CC1C=CCC1. The van der Waals surface area contributed by atoms with Crippen molar-refractivity contribution < 1.29 is 14.3 Å². The van der Waals surface area contributed by atoms with Gasteiger partial charge in [0.2, 0.25) is 11.8 Å². The van der Waals surface area contributed by atoms with Crippen LogP contribution in [0.15, 0.2) is 36.4 Å². The zero-order valence-electron chi connectivity index (χ0n) is 15.3. The molecule has 0 saturated carbocycles. The number of benzene rings is 1. The van der Waals surface area contributed by atoms with Gasteiger partial charge in [0.25, 0.3) is 0 Å². The molecule has 0 bridgehead atoms. The molecule has 1 atom stereocenters. The van der Waals surface area contributed by atoms with Gasteiger partial charge in [-0.3, -0.25) is 9.59 Å². The minimum absolute atomic E-state index is 0.0133. The average molecular weight is 357 g/mol. The number of nitrogens with one attached hydrogen (secondary N) is 1. The van der Waals surface area contributed by atoms with E-state index in [1.807, 2.05) is 24.3 Å². The number of morpholine rings is 1. The van der Waals surface area contributed by atoms with E-state index in [4.69, 9.17) is 4.74 Å². The molecule has 0 aromatic heterocycles. The second kappa shape index (κ2) is 8.85. The quantitative estimate of drug-likeness (QED) is 0.794. The van der Waals surface area contributed by atoms with E-state index >= 15 is 0 Å². The fraction of sp³-hybridized carbons (Fsp3) is 0.500. The Morgan fingerprint density at radius 2 is 1.96 bits per heavy atom. The highest BCUT2D eigenvalue weighted by atomic mass is 16.5. The third kappa shape index (κ3) is 5.08. The summed E-state index contributed by atoms with van der Waals surface area (Å²) in [5, 5.41) is 2.86. The van der Waals surface area contributed by atoms with Gasteiger partial charge in [-0.25, -0.2) is 0 Å². The number of carbonyl (C=O) groups is 2. The van der Waals surface area contributed by atoms with Gasteiger partial charge in [-0.2, -0.15) is 0 Å². The summed E-state index contributed by atoms with van der Waals surface area (Å²) in [4.78, 5) is 28.2. The second-order valence-corrected chi connectivity index (χ2v) is 6.91. The lowest BCUT2D eigenvalue weighted by Crippen LogP contribution is -2.36. The van der Waals surface area contributed by atoms with E-state index in [1.165, 1.54) is 4.90 Å². The van der Waals surface area contributed by atoms with Crippen LogP contribution < -0.4 is 10.2 Å². The molecule has 26 heavy (non-hydrogen) atoms. The predicted octanol–water partition coefficient (Wildman–Crippen LogP) is 2.28. The number of nitrogens with zero attached hydrogens (tertiary/aromatic N) is 2. The van der Waals surface area contributed by atoms with Crippen molar-refractivity contribution in [1.29, 1.82) is 0 Å². The van der Waals surface area contributed by atoms with Crippen molar-refractivity contribution in [3.05, 3.63) is 36.4 Å². The fourth-order valence-electron chi connectivity index (χ4n) is 3.33. The van der Waals surface area contributed by atoms with Gasteiger partial charge in [0.15, 0.2) is 0 Å². The molecule has 0 radical (unpaired) electrons. The molecule has 1 aliphatic carbocycles. The number of rotatable bonds is 6. The lowest BCUT2D eigenvalue weighted by Gasteiger charge is -2.28. The van der Waals surface area contributed by atoms with Crippen molar-refractivity contribution in [3.63, 3.8) is 0 Å². The van der Waals surface area contributed by atoms with Gasteiger partial charge >= 0.3 is 0 Å². The third-order valence-corrected chi connectivity index (χ3v) is 4.88. The van der Waals surface area contributed by atoms with Crippen LogP contribution in [0.25, 0.3) is 0 Å². The minimum atomic E-state index is -0.179. The van der Waals surface area contributed by atoms with Crippen molar-refractivity contribution in [2.24, 2.45) is 5.92 Å². The number of hydrogen-bond acceptors (Lipinski definition) is 4. The van der Waals surface area contributed by atoms with Gasteiger partial charge < -0.3 is 19.9 Å². The molecule has 1 heterocycles. The molecule has 1 aromatic carbocycles. The highest BCUT2D eigenvalue weighted by molar-refractivity contribution is 5.94. The molecule has 2 aliphatic rings. The van der Waals surface area contributed by atoms with Gasteiger partial charge in [0.05, 0.1) is 19.8 Å². The molecular formula is C20H27N3O3. The van der Waals surface area contributed by atoms with Gasteiger partial charge in [-0.15, -0.1) is 0 Å². The van der Waals surface area contributed by atoms with Crippen molar-refractivity contribution in [3.8, 4) is 0 Å². The fourth-order valence-corrected chi connectivity index (χ4v) is 3.33. The largest absolute Gasteiger partial charge is 0.378 e. The van der Waals surface area contributed by atoms with Crippen LogP contribution in [-0.4, -0.2) is 56.6 Å². The van der Waals surface area contributed by atoms with Gasteiger partial charge in [0.1, 0.15) is 0 Å². The van der Waals surface area contributed by atoms with Crippen LogP contribution >= 0.6 is 0 Å². The van der Waals surface area contributed by atoms with E-state index in [0.29, 0.717) is 12.3 Å². The standard InChI is InChI=1S/C20H27N3O3/c1-22(20(25)14-16-4-2-3-5-16)15-19(24)21-17-6-8-18(9-7-17)23-10-12-26-13-11-23/h2,4,6-9,16H,3,5,10-15H2,1H3,(H,21,24). The Hall–Kier alpha value is -2.34. The first-order chi connectivity index (χ1) is 12.6. The van der Waals surface area contributed by atoms with Crippen molar-refractivity contribution >= 4 is 23.2 Å². The van der Waals surface area contributed by atoms with Crippen LogP contribution in [0.4, 0.5) is 11.4 Å². The van der Waals surface area contributed by atoms with E-state index in [2.05, 4.69) is 22.4 Å². The Bertz CT molecular complexity index is 651. The summed E-state index contributed by atoms with van der Waals surface area (Å²) in [6.07, 6.45) is 6.77. The Balaban J connectivity index is 1.46. The van der Waals surface area contributed by atoms with Crippen LogP contribution in [0, 0.1) is 5.92 Å². The smallest absolute Gasteiger partial charge is 0.243 e. The maximum absolute atomic E-state index is 12.2. The molecule has 1 aliphatic heterocycles. The number of anilines is 2. The molecule has 1 fully saturated rings. The summed E-state index contributed by atoms with van der Waals surface area (Å²) in [6, 6.07) is 7.80. The third-order valence-electron chi connectivity index (χ3n) is 4.88. The molecule has 0 spiro atoms. The molecular weight excluding hydrogens is 330 g/mol. The normalized spacial score (nSPS) is 19.4. The zero-order chi connectivity index (χ0) is 18.4. The summed E-state index contributed by atoms with van der Waals surface area (Å²) in [5.41, 5.74) is 1.87. The Kier molecular flexibility index (Phi) is 6.28. The van der Waals surface area contributed by atoms with E-state index in [9.17, 15) is 9.59 Å². The number of likely N-dealkylation sites (N-methyl/N-ethyl adjacent to an activating group) is 1. The van der Waals surface area contributed by atoms with E-state index in [0.717, 1.165) is 50.5 Å². The monoisotopic (exact) mass is 357 g/mol. The molecule has 3 rings (SSSR count). The summed E-state index contributed by atoms with van der Waals surface area (Å²) in [6.45, 7) is 3.33. The molecule has 1 N–H and O–H groups in total. The molecule has 1 unspecified atom stereocenters. The van der Waals surface area contributed by atoms with Crippen molar-refractivity contribution in [2.75, 3.05) is 50.1 Å². The van der Waals surface area contributed by atoms with E-state index < -0.39 is 0 Å². The maximum Gasteiger partial charge on any atom is 0.243 e. The molecule has 2 amide bonds. The first-order valence-corrected chi connectivity index (χ1v) is 9.25. The lowest BCUT2D eigenvalue weighted by molar-refractivity contribution is -0.133. The Morgan fingerprint density at radius 3 is 2.62 bits per heavy atom. The van der Waals surface area contributed by atoms with Crippen LogP contribution in [0.5, 0.6) is 0 Å². The maximum atomic E-state index is 12.2. The van der Waals surface area contributed by atoms with Crippen LogP contribution in [0.2, 0.25) is 0 Å². The molecule has 6 heteroatoms. The number of hydrogen-bond donors (Lipinski definition) is 1. The highest BCUT2D eigenvalue weighted by Gasteiger charge is 2.19. The van der Waals surface area contributed by atoms with Crippen molar-refractivity contribution in [1.82, 2.24) is 4.90 Å². The zero-order valence-corrected chi connectivity index (χ0v) is 15.3. The average Bonchev–Trinajstić information content (AvgIpc) is 3.16. The van der Waals surface area contributed by atoms with E-state index in [1.54, 1.807) is 7.05 Å². The predicted molar refractivity (Wildman–Crippen MR) is 102 cm³/mol. The molecule has 6 nitrogen and oxygen atoms in total. The van der Waals surface area contributed by atoms with Gasteiger partial charge in [-0.05, 0) is 43.0 Å². The number of ether oxygens (including phenoxy) is 1. The van der Waals surface area contributed by atoms with E-state index in [-0.39, 0.29) is 18.4 Å². The number of amides is 2. The number of carbonyl (C=O) groups excluding carboxylic acids is 2. The highest BCUT2D eigenvalue weighted by Crippen LogP contribution is 2.21. The van der Waals surface area contributed by atoms with Gasteiger partial charge in [-0.1, -0.05) is 12.2 Å².